The third kappa shape index (κ3) is 2.54. The minimum Gasteiger partial charge on any atom is -0.395 e. The Morgan fingerprint density at radius 2 is 0.929 bits per heavy atom. The van der Waals surface area contributed by atoms with Crippen LogP contribution in [0.5, 0.6) is 0 Å². The van der Waals surface area contributed by atoms with Gasteiger partial charge in [0.1, 0.15) is 0 Å². The van der Waals surface area contributed by atoms with Crippen molar-refractivity contribution in [2.45, 2.75) is 0 Å². The van der Waals surface area contributed by atoms with Crippen molar-refractivity contribution in [1.82, 2.24) is 9.80 Å². The van der Waals surface area contributed by atoms with Crippen LogP contribution in [0.15, 0.2) is 36.4 Å². The lowest BCUT2D eigenvalue weighted by Crippen LogP contribution is -2.32. The number of hydrogen-bond donors (Lipinski definition) is 2. The molecule has 8 nitrogen and oxygen atoms in total. The molecular weight excluding hydrogens is 364 g/mol. The van der Waals surface area contributed by atoms with Crippen molar-refractivity contribution in [3.63, 3.8) is 0 Å². The second kappa shape index (κ2) is 6.66. The number of aliphatic hydroxyl groups excluding tert-OH is 2. The highest BCUT2D eigenvalue weighted by atomic mass is 16.3. The molecule has 4 rings (SSSR count). The van der Waals surface area contributed by atoms with E-state index in [9.17, 15) is 19.2 Å². The van der Waals surface area contributed by atoms with E-state index in [1.807, 2.05) is 0 Å². The SMILES string of the molecule is O=C1c2ccc(-c3ccc4c(c3)C(=O)N(CCO)C4=O)cc2C(=O)N1CCO. The van der Waals surface area contributed by atoms with E-state index in [2.05, 4.69) is 0 Å². The Balaban J connectivity index is 1.72. The zero-order valence-electron chi connectivity index (χ0n) is 14.7. The molecule has 0 aromatic heterocycles. The van der Waals surface area contributed by atoms with Crippen molar-refractivity contribution >= 4 is 23.6 Å². The van der Waals surface area contributed by atoms with Gasteiger partial charge in [-0.2, -0.15) is 0 Å². The number of hydrogen-bond acceptors (Lipinski definition) is 6. The number of amides is 4. The van der Waals surface area contributed by atoms with E-state index in [0.29, 0.717) is 11.1 Å². The quantitative estimate of drug-likeness (QED) is 0.731. The van der Waals surface area contributed by atoms with Crippen molar-refractivity contribution in [2.24, 2.45) is 0 Å². The minimum atomic E-state index is -0.475. The molecule has 0 fully saturated rings. The van der Waals surface area contributed by atoms with Gasteiger partial charge in [0.05, 0.1) is 48.6 Å². The van der Waals surface area contributed by atoms with Crippen LogP contribution >= 0.6 is 0 Å². The van der Waals surface area contributed by atoms with Gasteiger partial charge in [0.25, 0.3) is 23.6 Å². The molecule has 2 heterocycles. The van der Waals surface area contributed by atoms with Gasteiger partial charge in [-0.1, -0.05) is 12.1 Å². The summed E-state index contributed by atoms with van der Waals surface area (Å²) in [6, 6.07) is 9.56. The first-order chi connectivity index (χ1) is 13.5. The number of fused-ring (bicyclic) bond motifs is 2. The van der Waals surface area contributed by atoms with Crippen molar-refractivity contribution in [1.29, 1.82) is 0 Å². The van der Waals surface area contributed by atoms with Crippen molar-refractivity contribution in [3.05, 3.63) is 58.7 Å². The Morgan fingerprint density at radius 3 is 1.29 bits per heavy atom. The van der Waals surface area contributed by atoms with E-state index in [0.717, 1.165) is 9.80 Å². The lowest BCUT2D eigenvalue weighted by molar-refractivity contribution is 0.0610. The molecule has 2 N–H and O–H groups in total. The summed E-state index contributed by atoms with van der Waals surface area (Å²) in [5, 5.41) is 18.1. The maximum absolute atomic E-state index is 12.4. The fourth-order valence-electron chi connectivity index (χ4n) is 3.55. The summed E-state index contributed by atoms with van der Waals surface area (Å²) in [6.07, 6.45) is 0. The number of aliphatic hydroxyl groups is 2. The molecule has 2 aromatic carbocycles. The third-order valence-corrected chi connectivity index (χ3v) is 4.92. The van der Waals surface area contributed by atoms with E-state index in [1.165, 1.54) is 0 Å². The predicted octanol–water partition coefficient (Wildman–Crippen LogP) is 0.530. The van der Waals surface area contributed by atoms with E-state index in [-0.39, 0.29) is 48.6 Å². The van der Waals surface area contributed by atoms with Crippen LogP contribution in [0, 0.1) is 0 Å². The van der Waals surface area contributed by atoms with Crippen LogP contribution in [-0.2, 0) is 0 Å². The average molecular weight is 380 g/mol. The van der Waals surface area contributed by atoms with E-state index >= 15 is 0 Å². The van der Waals surface area contributed by atoms with Crippen molar-refractivity contribution < 1.29 is 29.4 Å². The van der Waals surface area contributed by atoms with Crippen LogP contribution in [-0.4, -0.2) is 69.9 Å². The Labute approximate surface area is 159 Å². The molecule has 142 valence electrons. The first-order valence-electron chi connectivity index (χ1n) is 8.70. The number of carbonyl (C=O) groups excluding carboxylic acids is 4. The fourth-order valence-corrected chi connectivity index (χ4v) is 3.55. The zero-order chi connectivity index (χ0) is 20.0. The highest BCUT2D eigenvalue weighted by Gasteiger charge is 2.37. The van der Waals surface area contributed by atoms with Crippen molar-refractivity contribution in [3.8, 4) is 11.1 Å². The molecule has 0 radical (unpaired) electrons. The molecule has 0 saturated carbocycles. The van der Waals surface area contributed by atoms with Crippen LogP contribution in [0.1, 0.15) is 41.4 Å². The summed E-state index contributed by atoms with van der Waals surface area (Å²) in [5.74, 6) is -1.85. The summed E-state index contributed by atoms with van der Waals surface area (Å²) >= 11 is 0. The number of benzene rings is 2. The Morgan fingerprint density at radius 1 is 0.571 bits per heavy atom. The summed E-state index contributed by atoms with van der Waals surface area (Å²) in [6.45, 7) is -0.775. The Bertz CT molecular complexity index is 961. The maximum atomic E-state index is 12.4. The van der Waals surface area contributed by atoms with Gasteiger partial charge in [0, 0.05) is 0 Å². The van der Waals surface area contributed by atoms with Crippen LogP contribution in [0.2, 0.25) is 0 Å². The molecule has 28 heavy (non-hydrogen) atoms. The molecule has 0 spiro atoms. The zero-order valence-corrected chi connectivity index (χ0v) is 14.7. The number of β-amino-alcohol motifs (C(OH)–C–C–N with tert-alkyl or cyclic N) is 2. The number of imide groups is 2. The topological polar surface area (TPSA) is 115 Å². The van der Waals surface area contributed by atoms with Crippen LogP contribution < -0.4 is 0 Å². The van der Waals surface area contributed by atoms with Gasteiger partial charge < -0.3 is 10.2 Å². The molecule has 4 amide bonds. The summed E-state index contributed by atoms with van der Waals surface area (Å²) < 4.78 is 0. The first-order valence-corrected chi connectivity index (χ1v) is 8.70. The predicted molar refractivity (Wildman–Crippen MR) is 96.8 cm³/mol. The van der Waals surface area contributed by atoms with E-state index in [1.54, 1.807) is 36.4 Å². The third-order valence-electron chi connectivity index (χ3n) is 4.92. The summed E-state index contributed by atoms with van der Waals surface area (Å²) in [7, 11) is 0. The summed E-state index contributed by atoms with van der Waals surface area (Å²) in [4.78, 5) is 51.4. The van der Waals surface area contributed by atoms with E-state index < -0.39 is 23.6 Å². The highest BCUT2D eigenvalue weighted by molar-refractivity contribution is 6.23. The Hall–Kier alpha value is -3.36. The molecule has 0 bridgehead atoms. The number of rotatable bonds is 5. The van der Waals surface area contributed by atoms with Gasteiger partial charge in [-0.05, 0) is 35.4 Å². The maximum Gasteiger partial charge on any atom is 0.261 e. The Kier molecular flexibility index (Phi) is 4.29. The largest absolute Gasteiger partial charge is 0.395 e. The van der Waals surface area contributed by atoms with E-state index in [4.69, 9.17) is 10.2 Å². The standard InChI is InChI=1S/C20H16N2O6/c23-7-5-21-17(25)13-3-1-11(9-15(13)19(21)27)12-2-4-14-16(10-12)20(28)22(6-8-24)18(14)26/h1-4,9-10,23-24H,5-8H2. The fraction of sp³-hybridized carbons (Fsp3) is 0.200. The average Bonchev–Trinajstić information content (AvgIpc) is 3.08. The van der Waals surface area contributed by atoms with Crippen LogP contribution in [0.25, 0.3) is 11.1 Å². The lowest BCUT2D eigenvalue weighted by atomic mass is 9.97. The van der Waals surface area contributed by atoms with Gasteiger partial charge >= 0.3 is 0 Å². The monoisotopic (exact) mass is 380 g/mol. The second-order valence-electron chi connectivity index (χ2n) is 6.49. The van der Waals surface area contributed by atoms with Gasteiger partial charge in [0.2, 0.25) is 0 Å². The molecule has 8 heteroatoms. The van der Waals surface area contributed by atoms with Gasteiger partial charge in [-0.15, -0.1) is 0 Å². The second-order valence-corrected chi connectivity index (χ2v) is 6.49. The molecule has 0 saturated heterocycles. The first kappa shape index (κ1) is 18.0. The molecule has 0 unspecified atom stereocenters. The smallest absolute Gasteiger partial charge is 0.261 e. The minimum absolute atomic E-state index is 0.0716. The molecule has 2 aromatic rings. The molecule has 0 atom stereocenters. The number of nitrogens with zero attached hydrogens (tertiary/aromatic N) is 2. The van der Waals surface area contributed by atoms with Gasteiger partial charge in [-0.25, -0.2) is 0 Å². The van der Waals surface area contributed by atoms with Gasteiger partial charge in [-0.3, -0.25) is 29.0 Å². The highest BCUT2D eigenvalue weighted by Crippen LogP contribution is 2.31. The molecule has 2 aliphatic rings. The normalized spacial score (nSPS) is 15.5. The molecular formula is C20H16N2O6. The van der Waals surface area contributed by atoms with Gasteiger partial charge in [0.15, 0.2) is 0 Å². The summed E-state index contributed by atoms with van der Waals surface area (Å²) in [5.41, 5.74) is 2.25. The van der Waals surface area contributed by atoms with Crippen LogP contribution in [0.3, 0.4) is 0 Å². The van der Waals surface area contributed by atoms with Crippen molar-refractivity contribution in [2.75, 3.05) is 26.3 Å². The number of carbonyl (C=O) groups is 4. The molecule has 0 aliphatic carbocycles. The molecule has 2 aliphatic heterocycles. The lowest BCUT2D eigenvalue weighted by Gasteiger charge is -2.10. The van der Waals surface area contributed by atoms with Crippen LogP contribution in [0.4, 0.5) is 0 Å².